The van der Waals surface area contributed by atoms with Gasteiger partial charge in [0.05, 0.1) is 11.1 Å². The van der Waals surface area contributed by atoms with Crippen molar-refractivity contribution in [2.45, 2.75) is 19.0 Å². The van der Waals surface area contributed by atoms with Gasteiger partial charge in [0.2, 0.25) is 0 Å². The molecule has 0 amide bonds. The highest BCUT2D eigenvalue weighted by molar-refractivity contribution is 5.72. The summed E-state index contributed by atoms with van der Waals surface area (Å²) in [5, 5.41) is 15.6. The van der Waals surface area contributed by atoms with Crippen molar-refractivity contribution in [1.29, 1.82) is 0 Å². The van der Waals surface area contributed by atoms with Crippen LogP contribution in [0.1, 0.15) is 11.3 Å². The molecule has 118 valence electrons. The number of benzene rings is 1. The first-order chi connectivity index (χ1) is 10.1. The Bertz CT molecular complexity index is 724. The number of nitro groups is 1. The molecule has 0 saturated heterocycles. The Morgan fingerprint density at radius 3 is 2.36 bits per heavy atom. The van der Waals surface area contributed by atoms with E-state index in [2.05, 4.69) is 5.10 Å². The van der Waals surface area contributed by atoms with E-state index in [0.29, 0.717) is 5.56 Å². The van der Waals surface area contributed by atoms with E-state index in [1.54, 1.807) is 5.10 Å². The lowest BCUT2D eigenvalue weighted by Gasteiger charge is -2.19. The second-order valence-corrected chi connectivity index (χ2v) is 4.49. The van der Waals surface area contributed by atoms with Crippen LogP contribution in [-0.2, 0) is 5.92 Å². The number of aromatic amines is 1. The Kier molecular flexibility index (Phi) is 3.63. The second kappa shape index (κ2) is 5.04. The summed E-state index contributed by atoms with van der Waals surface area (Å²) < 4.78 is 64.5. The van der Waals surface area contributed by atoms with Gasteiger partial charge in [-0.25, -0.2) is 0 Å². The number of hydrogen-bond donors (Lipinski definition) is 1. The Labute approximate surface area is 119 Å². The number of nitrogens with one attached hydrogen (secondary N) is 1. The lowest BCUT2D eigenvalue weighted by atomic mass is 9.98. The predicted molar refractivity (Wildman–Crippen MR) is 65.4 cm³/mol. The molecule has 0 atom stereocenters. The van der Waals surface area contributed by atoms with Crippen molar-refractivity contribution in [3.05, 3.63) is 45.8 Å². The van der Waals surface area contributed by atoms with Gasteiger partial charge in [-0.1, -0.05) is 6.07 Å². The summed E-state index contributed by atoms with van der Waals surface area (Å²) in [6.45, 7) is 1.43. The smallest absolute Gasteiger partial charge is 0.275 e. The van der Waals surface area contributed by atoms with E-state index in [4.69, 9.17) is 0 Å². The van der Waals surface area contributed by atoms with E-state index >= 15 is 0 Å². The number of halogens is 5. The lowest BCUT2D eigenvalue weighted by Crippen LogP contribution is -2.34. The van der Waals surface area contributed by atoms with Crippen LogP contribution in [0, 0.1) is 17.0 Å². The fourth-order valence-corrected chi connectivity index (χ4v) is 1.89. The van der Waals surface area contributed by atoms with Crippen LogP contribution >= 0.6 is 0 Å². The van der Waals surface area contributed by atoms with Crippen molar-refractivity contribution in [1.82, 2.24) is 10.2 Å². The molecule has 0 aliphatic carbocycles. The van der Waals surface area contributed by atoms with Crippen LogP contribution in [0.3, 0.4) is 0 Å². The van der Waals surface area contributed by atoms with E-state index in [-0.39, 0.29) is 5.56 Å². The molecule has 0 aliphatic heterocycles. The minimum Gasteiger partial charge on any atom is -0.275 e. The first-order valence-electron chi connectivity index (χ1n) is 5.79. The van der Waals surface area contributed by atoms with Crippen LogP contribution in [0.2, 0.25) is 0 Å². The van der Waals surface area contributed by atoms with Gasteiger partial charge in [0.15, 0.2) is 0 Å². The van der Waals surface area contributed by atoms with Crippen molar-refractivity contribution < 1.29 is 26.9 Å². The van der Waals surface area contributed by atoms with E-state index in [1.807, 2.05) is 0 Å². The van der Waals surface area contributed by atoms with Crippen molar-refractivity contribution in [2.75, 3.05) is 0 Å². The molecule has 0 fully saturated rings. The highest BCUT2D eigenvalue weighted by atomic mass is 19.4. The van der Waals surface area contributed by atoms with Gasteiger partial charge in [0, 0.05) is 17.7 Å². The topological polar surface area (TPSA) is 71.8 Å². The van der Waals surface area contributed by atoms with Crippen LogP contribution in [0.5, 0.6) is 0 Å². The monoisotopic (exact) mass is 321 g/mol. The van der Waals surface area contributed by atoms with Crippen LogP contribution in [0.4, 0.5) is 27.6 Å². The number of H-pyrrole nitrogens is 1. The molecule has 5 nitrogen and oxygen atoms in total. The Hall–Kier alpha value is -2.52. The molecule has 1 aromatic heterocycles. The summed E-state index contributed by atoms with van der Waals surface area (Å²) in [6.07, 6.45) is -5.04. The molecule has 1 aromatic carbocycles. The minimum absolute atomic E-state index is 0.123. The normalized spacial score (nSPS) is 12.5. The number of aromatic nitrogens is 2. The Morgan fingerprint density at radius 1 is 1.18 bits per heavy atom. The van der Waals surface area contributed by atoms with Gasteiger partial charge in [-0.15, -0.1) is 0 Å². The van der Waals surface area contributed by atoms with Crippen LogP contribution in [-0.4, -0.2) is 21.3 Å². The van der Waals surface area contributed by atoms with E-state index in [1.165, 1.54) is 13.0 Å². The Balaban J connectivity index is 2.64. The molecule has 0 radical (unpaired) electrons. The maximum atomic E-state index is 13.5. The first-order valence-corrected chi connectivity index (χ1v) is 5.79. The van der Waals surface area contributed by atoms with Crippen molar-refractivity contribution in [3.63, 3.8) is 0 Å². The average molecular weight is 321 g/mol. The van der Waals surface area contributed by atoms with E-state index < -0.39 is 34.0 Å². The summed E-state index contributed by atoms with van der Waals surface area (Å²) >= 11 is 0. The van der Waals surface area contributed by atoms with E-state index in [0.717, 1.165) is 18.3 Å². The van der Waals surface area contributed by atoms with Gasteiger partial charge < -0.3 is 0 Å². The summed E-state index contributed by atoms with van der Waals surface area (Å²) in [5.41, 5.74) is -2.25. The number of non-ortho nitro benzene ring substituents is 1. The molecule has 2 rings (SSSR count). The molecule has 0 spiro atoms. The summed E-state index contributed by atoms with van der Waals surface area (Å²) in [6, 6.07) is 3.31. The molecule has 0 bridgehead atoms. The van der Waals surface area contributed by atoms with Crippen molar-refractivity contribution >= 4 is 5.69 Å². The van der Waals surface area contributed by atoms with Crippen LogP contribution < -0.4 is 0 Å². The molecular formula is C12H8F5N3O2. The molecule has 10 heteroatoms. The maximum Gasteiger partial charge on any atom is 0.459 e. The molecule has 0 saturated carbocycles. The minimum atomic E-state index is -5.82. The zero-order valence-electron chi connectivity index (χ0n) is 10.9. The lowest BCUT2D eigenvalue weighted by molar-refractivity contribution is -0.384. The van der Waals surface area contributed by atoms with Crippen molar-refractivity contribution in [3.8, 4) is 11.1 Å². The molecule has 2 aromatic rings. The molecule has 1 N–H and O–H groups in total. The molecular weight excluding hydrogens is 313 g/mol. The van der Waals surface area contributed by atoms with Gasteiger partial charge >= 0.3 is 12.1 Å². The number of alkyl halides is 5. The number of rotatable bonds is 3. The quantitative estimate of drug-likeness (QED) is 0.528. The fourth-order valence-electron chi connectivity index (χ4n) is 1.89. The highest BCUT2D eigenvalue weighted by Crippen LogP contribution is 2.46. The average Bonchev–Trinajstić information content (AvgIpc) is 2.87. The highest BCUT2D eigenvalue weighted by Gasteiger charge is 2.60. The van der Waals surface area contributed by atoms with Gasteiger partial charge in [-0.2, -0.15) is 27.1 Å². The largest absolute Gasteiger partial charge is 0.459 e. The van der Waals surface area contributed by atoms with Crippen molar-refractivity contribution in [2.24, 2.45) is 0 Å². The van der Waals surface area contributed by atoms with Gasteiger partial charge in [-0.05, 0) is 18.1 Å². The second-order valence-electron chi connectivity index (χ2n) is 4.49. The predicted octanol–water partition coefficient (Wildman–Crippen LogP) is 3.95. The first kappa shape index (κ1) is 15.9. The standard InChI is InChI=1S/C12H8F5N3O2/c1-6-2-3-7(20(21)22)4-8(6)9-5-18-19-10(9)11(13,14)12(15,16)17/h2-5H,1H3,(H,18,19). The fraction of sp³-hybridized carbons (Fsp3) is 0.250. The third-order valence-corrected chi connectivity index (χ3v) is 3.03. The Morgan fingerprint density at radius 2 is 1.82 bits per heavy atom. The van der Waals surface area contributed by atoms with Gasteiger partial charge in [0.25, 0.3) is 5.69 Å². The van der Waals surface area contributed by atoms with Gasteiger partial charge in [0.1, 0.15) is 5.69 Å². The number of hydrogen-bond acceptors (Lipinski definition) is 3. The van der Waals surface area contributed by atoms with Gasteiger partial charge in [-0.3, -0.25) is 15.2 Å². The molecule has 0 aliphatic rings. The molecule has 0 unspecified atom stereocenters. The number of nitro benzene ring substituents is 1. The summed E-state index contributed by atoms with van der Waals surface area (Å²) in [7, 11) is 0. The number of aryl methyl sites for hydroxylation is 1. The third-order valence-electron chi connectivity index (χ3n) is 3.03. The van der Waals surface area contributed by atoms with Crippen LogP contribution in [0.15, 0.2) is 24.4 Å². The molecule has 22 heavy (non-hydrogen) atoms. The zero-order valence-corrected chi connectivity index (χ0v) is 10.9. The summed E-state index contributed by atoms with van der Waals surface area (Å²) in [4.78, 5) is 9.96. The third kappa shape index (κ3) is 2.51. The number of nitrogens with zero attached hydrogens (tertiary/aromatic N) is 2. The zero-order chi connectivity index (χ0) is 16.7. The van der Waals surface area contributed by atoms with Crippen LogP contribution in [0.25, 0.3) is 11.1 Å². The maximum absolute atomic E-state index is 13.5. The molecule has 1 heterocycles. The summed E-state index contributed by atoms with van der Waals surface area (Å²) in [5.74, 6) is -5.16. The van der Waals surface area contributed by atoms with E-state index in [9.17, 15) is 32.1 Å². The SMILES string of the molecule is Cc1ccc([N+](=O)[O-])cc1-c1cn[nH]c1C(F)(F)C(F)(F)F.